The van der Waals surface area contributed by atoms with Crippen LogP contribution in [0.4, 0.5) is 0 Å². The largest absolute Gasteiger partial charge is 0.447 e. The van der Waals surface area contributed by atoms with Crippen molar-refractivity contribution < 1.29 is 12.8 Å². The van der Waals surface area contributed by atoms with Crippen molar-refractivity contribution in [3.63, 3.8) is 0 Å². The number of sulfonamides is 1. The van der Waals surface area contributed by atoms with Crippen LogP contribution in [-0.4, -0.2) is 13.4 Å². The van der Waals surface area contributed by atoms with Gasteiger partial charge in [-0.05, 0) is 31.2 Å². The zero-order chi connectivity index (χ0) is 13.9. The van der Waals surface area contributed by atoms with E-state index < -0.39 is 10.0 Å². The fourth-order valence-electron chi connectivity index (χ4n) is 1.60. The number of pyridine rings is 1. The summed E-state index contributed by atoms with van der Waals surface area (Å²) in [4.78, 5) is 4.23. The number of aromatic nitrogens is 1. The molecule has 2 aromatic rings. The molecular weight excluding hydrogens is 266 g/mol. The molecule has 0 aliphatic heterocycles. The van der Waals surface area contributed by atoms with Crippen LogP contribution in [0.3, 0.4) is 0 Å². The maximum Gasteiger partial charge on any atom is 0.271 e. The third-order valence-corrected chi connectivity index (χ3v) is 3.41. The van der Waals surface area contributed by atoms with E-state index in [0.717, 1.165) is 5.69 Å². The van der Waals surface area contributed by atoms with E-state index in [2.05, 4.69) is 10.3 Å². The van der Waals surface area contributed by atoms with Crippen molar-refractivity contribution in [2.45, 2.75) is 24.6 Å². The van der Waals surface area contributed by atoms with Gasteiger partial charge in [-0.15, -0.1) is 0 Å². The number of nitrogens with one attached hydrogen (secondary N) is 1. The number of rotatable bonds is 5. The van der Waals surface area contributed by atoms with Crippen LogP contribution in [0.25, 0.3) is 0 Å². The standard InChI is InChI=1S/C12H15N3O3S/c1-9(11-4-2-3-7-14-11)15-8-10-5-6-12(18-10)19(13,16)17/h2-7,9,15H,8H2,1H3,(H2,13,16,17)/t9-/m1/s1. The Kier molecular flexibility index (Phi) is 3.98. The minimum atomic E-state index is -3.78. The zero-order valence-electron chi connectivity index (χ0n) is 10.4. The van der Waals surface area contributed by atoms with Crippen LogP contribution in [0.5, 0.6) is 0 Å². The molecule has 0 saturated carbocycles. The fraction of sp³-hybridized carbons (Fsp3) is 0.250. The van der Waals surface area contributed by atoms with Gasteiger partial charge >= 0.3 is 0 Å². The molecule has 0 amide bonds. The van der Waals surface area contributed by atoms with Gasteiger partial charge < -0.3 is 9.73 Å². The molecule has 1 atom stereocenters. The van der Waals surface area contributed by atoms with E-state index >= 15 is 0 Å². The average molecular weight is 281 g/mol. The molecule has 2 heterocycles. The molecule has 102 valence electrons. The quantitative estimate of drug-likeness (QED) is 0.857. The third-order valence-electron chi connectivity index (χ3n) is 2.63. The van der Waals surface area contributed by atoms with Crippen molar-refractivity contribution in [3.8, 4) is 0 Å². The second-order valence-electron chi connectivity index (χ2n) is 4.12. The van der Waals surface area contributed by atoms with Gasteiger partial charge in [-0.3, -0.25) is 4.98 Å². The van der Waals surface area contributed by atoms with Gasteiger partial charge in [0.1, 0.15) is 5.76 Å². The van der Waals surface area contributed by atoms with Crippen molar-refractivity contribution in [1.29, 1.82) is 0 Å². The summed E-state index contributed by atoms with van der Waals surface area (Å²) in [5.41, 5.74) is 0.903. The van der Waals surface area contributed by atoms with Crippen LogP contribution in [0.15, 0.2) is 46.0 Å². The predicted octanol–water partition coefficient (Wildman–Crippen LogP) is 1.17. The van der Waals surface area contributed by atoms with Gasteiger partial charge in [-0.2, -0.15) is 0 Å². The van der Waals surface area contributed by atoms with Gasteiger partial charge in [-0.25, -0.2) is 13.6 Å². The van der Waals surface area contributed by atoms with Gasteiger partial charge in [0, 0.05) is 12.2 Å². The maximum atomic E-state index is 11.1. The summed E-state index contributed by atoms with van der Waals surface area (Å²) in [6.07, 6.45) is 1.72. The Morgan fingerprint density at radius 1 is 1.37 bits per heavy atom. The highest BCUT2D eigenvalue weighted by Crippen LogP contribution is 2.14. The Morgan fingerprint density at radius 3 is 2.74 bits per heavy atom. The number of hydrogen-bond acceptors (Lipinski definition) is 5. The second kappa shape index (κ2) is 5.52. The molecule has 2 rings (SSSR count). The molecule has 2 aromatic heterocycles. The molecule has 0 unspecified atom stereocenters. The van der Waals surface area contributed by atoms with E-state index in [1.54, 1.807) is 12.3 Å². The van der Waals surface area contributed by atoms with Crippen molar-refractivity contribution in [2.24, 2.45) is 5.14 Å². The first-order chi connectivity index (χ1) is 8.97. The minimum absolute atomic E-state index is 0.0317. The Bertz CT molecular complexity index is 637. The maximum absolute atomic E-state index is 11.1. The molecule has 0 aliphatic carbocycles. The Hall–Kier alpha value is -1.70. The molecule has 0 bridgehead atoms. The summed E-state index contributed by atoms with van der Waals surface area (Å²) in [5, 5.41) is 7.93. The normalized spacial score (nSPS) is 13.4. The predicted molar refractivity (Wildman–Crippen MR) is 69.6 cm³/mol. The highest BCUT2D eigenvalue weighted by Gasteiger charge is 2.13. The Morgan fingerprint density at radius 2 is 2.16 bits per heavy atom. The van der Waals surface area contributed by atoms with E-state index in [1.165, 1.54) is 6.07 Å². The van der Waals surface area contributed by atoms with Crippen LogP contribution >= 0.6 is 0 Å². The first-order valence-electron chi connectivity index (χ1n) is 5.72. The summed E-state index contributed by atoms with van der Waals surface area (Å²) in [7, 11) is -3.78. The second-order valence-corrected chi connectivity index (χ2v) is 5.62. The van der Waals surface area contributed by atoms with Gasteiger partial charge in [0.25, 0.3) is 10.0 Å². The molecule has 0 fully saturated rings. The lowest BCUT2D eigenvalue weighted by Crippen LogP contribution is -2.18. The molecule has 0 aromatic carbocycles. The van der Waals surface area contributed by atoms with Crippen molar-refractivity contribution in [2.75, 3.05) is 0 Å². The summed E-state index contributed by atoms with van der Waals surface area (Å²) in [6, 6.07) is 8.63. The summed E-state index contributed by atoms with van der Waals surface area (Å²) < 4.78 is 27.3. The van der Waals surface area contributed by atoms with Gasteiger partial charge in [0.15, 0.2) is 0 Å². The van der Waals surface area contributed by atoms with Crippen molar-refractivity contribution in [3.05, 3.63) is 48.0 Å². The molecule has 7 heteroatoms. The highest BCUT2D eigenvalue weighted by molar-refractivity contribution is 7.89. The molecular formula is C12H15N3O3S. The number of nitrogens with two attached hydrogens (primary N) is 1. The van der Waals surface area contributed by atoms with E-state index in [-0.39, 0.29) is 11.1 Å². The molecule has 0 radical (unpaired) electrons. The minimum Gasteiger partial charge on any atom is -0.447 e. The summed E-state index contributed by atoms with van der Waals surface area (Å²) in [6.45, 7) is 2.36. The van der Waals surface area contributed by atoms with E-state index in [9.17, 15) is 8.42 Å². The third kappa shape index (κ3) is 3.63. The molecule has 19 heavy (non-hydrogen) atoms. The first-order valence-corrected chi connectivity index (χ1v) is 7.27. The number of nitrogens with zero attached hydrogens (tertiary/aromatic N) is 1. The van der Waals surface area contributed by atoms with Crippen LogP contribution in [-0.2, 0) is 16.6 Å². The molecule has 6 nitrogen and oxygen atoms in total. The van der Waals surface area contributed by atoms with Crippen LogP contribution in [0, 0.1) is 0 Å². The average Bonchev–Trinajstić information content (AvgIpc) is 2.86. The van der Waals surface area contributed by atoms with Crippen molar-refractivity contribution >= 4 is 10.0 Å². The smallest absolute Gasteiger partial charge is 0.271 e. The zero-order valence-corrected chi connectivity index (χ0v) is 11.2. The lowest BCUT2D eigenvalue weighted by atomic mass is 10.2. The van der Waals surface area contributed by atoms with E-state index in [1.807, 2.05) is 25.1 Å². The molecule has 0 aliphatic rings. The highest BCUT2D eigenvalue weighted by atomic mass is 32.2. The monoisotopic (exact) mass is 281 g/mol. The lowest BCUT2D eigenvalue weighted by Gasteiger charge is -2.11. The van der Waals surface area contributed by atoms with Gasteiger partial charge in [0.2, 0.25) is 5.09 Å². The lowest BCUT2D eigenvalue weighted by molar-refractivity contribution is 0.392. The fourth-order valence-corrected chi connectivity index (χ4v) is 2.08. The number of primary sulfonamides is 1. The van der Waals surface area contributed by atoms with E-state index in [0.29, 0.717) is 12.3 Å². The Labute approximate surface area is 111 Å². The van der Waals surface area contributed by atoms with Crippen LogP contribution in [0.2, 0.25) is 0 Å². The van der Waals surface area contributed by atoms with Gasteiger partial charge in [0.05, 0.1) is 12.2 Å². The summed E-state index contributed by atoms with van der Waals surface area (Å²) in [5.74, 6) is 0.506. The first kappa shape index (κ1) is 13.7. The summed E-state index contributed by atoms with van der Waals surface area (Å²) >= 11 is 0. The Balaban J connectivity index is 1.98. The van der Waals surface area contributed by atoms with Crippen LogP contribution < -0.4 is 10.5 Å². The number of hydrogen-bond donors (Lipinski definition) is 2. The van der Waals surface area contributed by atoms with Crippen molar-refractivity contribution in [1.82, 2.24) is 10.3 Å². The molecule has 0 saturated heterocycles. The topological polar surface area (TPSA) is 98.2 Å². The van der Waals surface area contributed by atoms with E-state index in [4.69, 9.17) is 9.56 Å². The SMILES string of the molecule is C[C@@H](NCc1ccc(S(N)(=O)=O)o1)c1ccccn1. The molecule has 0 spiro atoms. The van der Waals surface area contributed by atoms with Crippen LogP contribution in [0.1, 0.15) is 24.4 Å². The van der Waals surface area contributed by atoms with Gasteiger partial charge in [-0.1, -0.05) is 6.07 Å². The molecule has 3 N–H and O–H groups in total. The number of furan rings is 1.